The van der Waals surface area contributed by atoms with Crippen LogP contribution in [0.5, 0.6) is 0 Å². The topological polar surface area (TPSA) is 30.2 Å². The summed E-state index contributed by atoms with van der Waals surface area (Å²) >= 11 is 0. The Bertz CT molecular complexity index is 474. The number of furan rings is 1. The standard InChI is InChI=1S/C14H16O2S/c1-11(2)14(12-8-9-16-10-12)17(15)13-6-4-3-5-7-13/h3-11,14H,1-2H3/t14-,17-/m1/s1. The number of hydrogen-bond donors (Lipinski definition) is 0. The van der Waals surface area contributed by atoms with Gasteiger partial charge in [0.2, 0.25) is 0 Å². The van der Waals surface area contributed by atoms with Crippen LogP contribution < -0.4 is 0 Å². The van der Waals surface area contributed by atoms with E-state index in [9.17, 15) is 4.21 Å². The van der Waals surface area contributed by atoms with Crippen molar-refractivity contribution in [3.05, 3.63) is 54.5 Å². The molecule has 0 aliphatic rings. The summed E-state index contributed by atoms with van der Waals surface area (Å²) in [5, 5.41) is -0.0175. The van der Waals surface area contributed by atoms with Crippen molar-refractivity contribution in [1.82, 2.24) is 0 Å². The lowest BCUT2D eigenvalue weighted by Gasteiger charge is -2.18. The van der Waals surface area contributed by atoms with Crippen molar-refractivity contribution in [3.8, 4) is 0 Å². The normalized spacial score (nSPS) is 14.8. The molecule has 0 saturated heterocycles. The maximum absolute atomic E-state index is 12.6. The zero-order valence-electron chi connectivity index (χ0n) is 10.00. The fraction of sp³-hybridized carbons (Fsp3) is 0.286. The first-order valence-electron chi connectivity index (χ1n) is 5.68. The predicted molar refractivity (Wildman–Crippen MR) is 69.1 cm³/mol. The van der Waals surface area contributed by atoms with Crippen LogP contribution in [0.15, 0.2) is 58.2 Å². The molecule has 0 unspecified atom stereocenters. The van der Waals surface area contributed by atoms with E-state index in [0.29, 0.717) is 5.92 Å². The number of hydrogen-bond acceptors (Lipinski definition) is 2. The van der Waals surface area contributed by atoms with Crippen molar-refractivity contribution in [2.24, 2.45) is 5.92 Å². The Hall–Kier alpha value is -1.35. The van der Waals surface area contributed by atoms with Crippen LogP contribution in [0.25, 0.3) is 0 Å². The predicted octanol–water partition coefficient (Wildman–Crippen LogP) is 3.78. The summed E-state index contributed by atoms with van der Waals surface area (Å²) in [6.45, 7) is 4.16. The Morgan fingerprint density at radius 3 is 2.35 bits per heavy atom. The number of benzene rings is 1. The van der Waals surface area contributed by atoms with Crippen molar-refractivity contribution in [3.63, 3.8) is 0 Å². The summed E-state index contributed by atoms with van der Waals surface area (Å²) in [5.41, 5.74) is 1.00. The molecule has 0 amide bonds. The van der Waals surface area contributed by atoms with Crippen LogP contribution >= 0.6 is 0 Å². The smallest absolute Gasteiger partial charge is 0.0946 e. The summed E-state index contributed by atoms with van der Waals surface area (Å²) < 4.78 is 17.7. The zero-order chi connectivity index (χ0) is 12.3. The molecule has 3 heteroatoms. The van der Waals surface area contributed by atoms with Gasteiger partial charge in [-0.3, -0.25) is 4.21 Å². The van der Waals surface area contributed by atoms with Gasteiger partial charge in [-0.25, -0.2) is 0 Å². The fourth-order valence-electron chi connectivity index (χ4n) is 1.89. The van der Waals surface area contributed by atoms with Gasteiger partial charge in [-0.15, -0.1) is 0 Å². The molecule has 1 aromatic carbocycles. The van der Waals surface area contributed by atoms with Crippen LogP contribution in [0, 0.1) is 5.92 Å². The minimum Gasteiger partial charge on any atom is -0.472 e. The molecule has 1 heterocycles. The van der Waals surface area contributed by atoms with Crippen molar-refractivity contribution >= 4 is 10.8 Å². The van der Waals surface area contributed by atoms with Gasteiger partial charge in [0.15, 0.2) is 0 Å². The molecular weight excluding hydrogens is 232 g/mol. The van der Waals surface area contributed by atoms with E-state index < -0.39 is 10.8 Å². The van der Waals surface area contributed by atoms with E-state index in [4.69, 9.17) is 4.42 Å². The maximum atomic E-state index is 12.6. The van der Waals surface area contributed by atoms with Crippen LogP contribution in [0.1, 0.15) is 24.7 Å². The van der Waals surface area contributed by atoms with Gasteiger partial charge in [-0.2, -0.15) is 0 Å². The summed E-state index contributed by atoms with van der Waals surface area (Å²) in [7, 11) is -1.04. The maximum Gasteiger partial charge on any atom is 0.0946 e. The largest absolute Gasteiger partial charge is 0.472 e. The number of rotatable bonds is 4. The van der Waals surface area contributed by atoms with Crippen molar-refractivity contribution in [2.45, 2.75) is 24.0 Å². The molecular formula is C14H16O2S. The third-order valence-corrected chi connectivity index (χ3v) is 4.70. The molecule has 0 aliphatic carbocycles. The third-order valence-electron chi connectivity index (χ3n) is 2.68. The molecule has 0 fully saturated rings. The minimum atomic E-state index is -1.04. The van der Waals surface area contributed by atoms with Crippen LogP contribution in [0.2, 0.25) is 0 Å². The first-order valence-corrected chi connectivity index (χ1v) is 6.89. The van der Waals surface area contributed by atoms with Gasteiger partial charge in [0.1, 0.15) is 0 Å². The molecule has 0 bridgehead atoms. The van der Waals surface area contributed by atoms with E-state index in [2.05, 4.69) is 13.8 Å². The molecule has 2 atom stereocenters. The Morgan fingerprint density at radius 1 is 1.12 bits per heavy atom. The second-order valence-electron chi connectivity index (χ2n) is 4.33. The van der Waals surface area contributed by atoms with E-state index in [1.165, 1.54) is 0 Å². The molecule has 0 aliphatic heterocycles. The van der Waals surface area contributed by atoms with E-state index in [1.807, 2.05) is 36.4 Å². The van der Waals surface area contributed by atoms with Crippen molar-refractivity contribution in [2.75, 3.05) is 0 Å². The molecule has 2 aromatic rings. The molecule has 0 spiro atoms. The molecule has 17 heavy (non-hydrogen) atoms. The SMILES string of the molecule is CC(C)[C@H](c1ccoc1)[S@](=O)c1ccccc1. The zero-order valence-corrected chi connectivity index (χ0v) is 10.8. The highest BCUT2D eigenvalue weighted by Gasteiger charge is 2.24. The molecule has 90 valence electrons. The van der Waals surface area contributed by atoms with Gasteiger partial charge in [0, 0.05) is 10.5 Å². The first-order chi connectivity index (χ1) is 8.20. The van der Waals surface area contributed by atoms with E-state index in [0.717, 1.165) is 10.5 Å². The highest BCUT2D eigenvalue weighted by Crippen LogP contribution is 2.32. The van der Waals surface area contributed by atoms with Crippen LogP contribution in [-0.4, -0.2) is 4.21 Å². The highest BCUT2D eigenvalue weighted by atomic mass is 32.2. The third kappa shape index (κ3) is 2.67. The Balaban J connectivity index is 2.33. The van der Waals surface area contributed by atoms with Gasteiger partial charge in [-0.05, 0) is 24.1 Å². The van der Waals surface area contributed by atoms with E-state index in [1.54, 1.807) is 12.5 Å². The van der Waals surface area contributed by atoms with Crippen LogP contribution in [-0.2, 0) is 10.8 Å². The molecule has 1 aromatic heterocycles. The van der Waals surface area contributed by atoms with Crippen molar-refractivity contribution in [1.29, 1.82) is 0 Å². The minimum absolute atomic E-state index is 0.0175. The van der Waals surface area contributed by atoms with Crippen LogP contribution in [0.4, 0.5) is 0 Å². The Labute approximate surface area is 104 Å². The van der Waals surface area contributed by atoms with Gasteiger partial charge in [0.25, 0.3) is 0 Å². The van der Waals surface area contributed by atoms with Gasteiger partial charge < -0.3 is 4.42 Å². The summed E-state index contributed by atoms with van der Waals surface area (Å²) in [5.74, 6) is 0.300. The second kappa shape index (κ2) is 5.32. The van der Waals surface area contributed by atoms with E-state index in [-0.39, 0.29) is 5.25 Å². The van der Waals surface area contributed by atoms with Gasteiger partial charge in [0.05, 0.1) is 28.6 Å². The summed E-state index contributed by atoms with van der Waals surface area (Å²) in [6.07, 6.45) is 3.32. The lowest BCUT2D eigenvalue weighted by atomic mass is 10.1. The Kier molecular flexibility index (Phi) is 3.79. The van der Waals surface area contributed by atoms with Gasteiger partial charge >= 0.3 is 0 Å². The molecule has 2 rings (SSSR count). The first kappa shape index (κ1) is 12.1. The monoisotopic (exact) mass is 248 g/mol. The lowest BCUT2D eigenvalue weighted by molar-refractivity contribution is 0.551. The fourth-order valence-corrected chi connectivity index (χ4v) is 3.49. The molecule has 2 nitrogen and oxygen atoms in total. The van der Waals surface area contributed by atoms with E-state index >= 15 is 0 Å². The van der Waals surface area contributed by atoms with Crippen LogP contribution in [0.3, 0.4) is 0 Å². The summed E-state index contributed by atoms with van der Waals surface area (Å²) in [4.78, 5) is 0.868. The average Bonchev–Trinajstić information content (AvgIpc) is 2.83. The molecule has 0 saturated carbocycles. The van der Waals surface area contributed by atoms with Crippen molar-refractivity contribution < 1.29 is 8.63 Å². The Morgan fingerprint density at radius 2 is 1.82 bits per heavy atom. The molecule has 0 N–H and O–H groups in total. The average molecular weight is 248 g/mol. The lowest BCUT2D eigenvalue weighted by Crippen LogP contribution is -2.12. The molecule has 0 radical (unpaired) electrons. The second-order valence-corrected chi connectivity index (χ2v) is 5.91. The summed E-state index contributed by atoms with van der Waals surface area (Å²) in [6, 6.07) is 11.5. The highest BCUT2D eigenvalue weighted by molar-refractivity contribution is 7.85. The van der Waals surface area contributed by atoms with Gasteiger partial charge in [-0.1, -0.05) is 32.0 Å². The quantitative estimate of drug-likeness (QED) is 0.824.